The average Bonchev–Trinajstić information content (AvgIpc) is 2.26. The minimum Gasteiger partial charge on any atom is -0.734 e. The number of rotatable bonds is 5. The van der Waals surface area contributed by atoms with Gasteiger partial charge in [0.1, 0.15) is 11.0 Å². The molecule has 0 fully saturated rings. The fourth-order valence-corrected chi connectivity index (χ4v) is 1.13. The quantitative estimate of drug-likeness (QED) is 0.529. The van der Waals surface area contributed by atoms with Crippen LogP contribution in [-0.4, -0.2) is 22.5 Å². The maximum absolute atomic E-state index is 10.4. The molecule has 0 atom stereocenters. The molecule has 1 rings (SSSR count). The van der Waals surface area contributed by atoms with Crippen LogP contribution in [-0.2, 0) is 6.54 Å². The van der Waals surface area contributed by atoms with E-state index >= 15 is 0 Å². The third-order valence-electron chi connectivity index (χ3n) is 1.78. The van der Waals surface area contributed by atoms with E-state index in [9.17, 15) is 5.21 Å². The molecule has 0 amide bonds. The predicted octanol–water partition coefficient (Wildman–Crippen LogP) is 1.03. The summed E-state index contributed by atoms with van der Waals surface area (Å²) in [6, 6.07) is 3.48. The van der Waals surface area contributed by atoms with E-state index < -0.39 is 0 Å². The monoisotopic (exact) mass is 243 g/mol. The van der Waals surface area contributed by atoms with E-state index in [-0.39, 0.29) is 5.23 Å². The number of halogens is 1. The standard InChI is InChI=1S/C9H12ClN4O2/c1-11-9(6-14(15)16)13-5-7-2-3-8(10)12-4-7/h2-4,6,11,13,15H,5H2,1H3/q-1. The fourth-order valence-electron chi connectivity index (χ4n) is 1.02. The summed E-state index contributed by atoms with van der Waals surface area (Å²) in [5.41, 5.74) is 0.904. The van der Waals surface area contributed by atoms with Gasteiger partial charge in [-0.2, -0.15) is 0 Å². The van der Waals surface area contributed by atoms with Crippen molar-refractivity contribution < 1.29 is 5.21 Å². The van der Waals surface area contributed by atoms with Crippen LogP contribution in [0.15, 0.2) is 30.4 Å². The highest BCUT2D eigenvalue weighted by Crippen LogP contribution is 2.05. The smallest absolute Gasteiger partial charge is 0.129 e. The number of aromatic nitrogens is 1. The van der Waals surface area contributed by atoms with E-state index in [0.29, 0.717) is 17.5 Å². The van der Waals surface area contributed by atoms with Crippen molar-refractivity contribution in [3.8, 4) is 0 Å². The summed E-state index contributed by atoms with van der Waals surface area (Å²) >= 11 is 5.63. The van der Waals surface area contributed by atoms with Gasteiger partial charge < -0.3 is 21.1 Å². The van der Waals surface area contributed by atoms with Crippen molar-refractivity contribution in [1.29, 1.82) is 0 Å². The molecule has 0 radical (unpaired) electrons. The van der Waals surface area contributed by atoms with E-state index in [4.69, 9.17) is 16.8 Å². The highest BCUT2D eigenvalue weighted by Gasteiger charge is 1.96. The summed E-state index contributed by atoms with van der Waals surface area (Å²) in [6.07, 6.45) is 2.60. The highest BCUT2D eigenvalue weighted by molar-refractivity contribution is 6.29. The maximum Gasteiger partial charge on any atom is 0.129 e. The highest BCUT2D eigenvalue weighted by atomic mass is 35.5. The molecular weight excluding hydrogens is 232 g/mol. The number of nitrogens with zero attached hydrogens (tertiary/aromatic N) is 2. The molecule has 1 aromatic rings. The van der Waals surface area contributed by atoms with Gasteiger partial charge in [0.25, 0.3) is 0 Å². The molecule has 7 heteroatoms. The van der Waals surface area contributed by atoms with Gasteiger partial charge >= 0.3 is 0 Å². The van der Waals surface area contributed by atoms with Crippen LogP contribution in [0.5, 0.6) is 0 Å². The van der Waals surface area contributed by atoms with Crippen LogP contribution in [0.1, 0.15) is 5.56 Å². The Labute approximate surface area is 98.1 Å². The molecule has 3 N–H and O–H groups in total. The lowest BCUT2D eigenvalue weighted by atomic mass is 10.3. The third-order valence-corrected chi connectivity index (χ3v) is 2.00. The molecule has 0 aliphatic heterocycles. The van der Waals surface area contributed by atoms with Gasteiger partial charge in [-0.25, -0.2) is 4.98 Å². The zero-order chi connectivity index (χ0) is 12.0. The summed E-state index contributed by atoms with van der Waals surface area (Å²) < 4.78 is 0. The molecule has 0 spiro atoms. The van der Waals surface area contributed by atoms with E-state index in [1.54, 1.807) is 19.3 Å². The number of nitrogens with one attached hydrogen (secondary N) is 2. The summed E-state index contributed by atoms with van der Waals surface area (Å²) in [6.45, 7) is 0.463. The van der Waals surface area contributed by atoms with Gasteiger partial charge in [-0.3, -0.25) is 5.21 Å². The topological polar surface area (TPSA) is 83.5 Å². The maximum atomic E-state index is 10.4. The minimum atomic E-state index is -0.279. The van der Waals surface area contributed by atoms with Gasteiger partial charge in [-0.1, -0.05) is 17.7 Å². The number of hydrogen-bond donors (Lipinski definition) is 3. The Kier molecular flexibility index (Phi) is 4.84. The largest absolute Gasteiger partial charge is 0.734 e. The Morgan fingerprint density at radius 1 is 1.69 bits per heavy atom. The molecule has 6 nitrogen and oxygen atoms in total. The summed E-state index contributed by atoms with van der Waals surface area (Å²) in [5.74, 6) is 0.396. The summed E-state index contributed by atoms with van der Waals surface area (Å²) in [5, 5.41) is 24.6. The third kappa shape index (κ3) is 4.35. The van der Waals surface area contributed by atoms with Gasteiger partial charge in [0.15, 0.2) is 0 Å². The van der Waals surface area contributed by atoms with Gasteiger partial charge in [0, 0.05) is 19.8 Å². The molecule has 1 heterocycles. The van der Waals surface area contributed by atoms with Gasteiger partial charge in [0.2, 0.25) is 0 Å². The number of hydroxylamine groups is 2. The van der Waals surface area contributed by atoms with Crippen molar-refractivity contribution in [2.45, 2.75) is 6.54 Å². The van der Waals surface area contributed by atoms with E-state index in [0.717, 1.165) is 11.8 Å². The van der Waals surface area contributed by atoms with Gasteiger partial charge in [-0.15, -0.1) is 0 Å². The molecule has 0 saturated heterocycles. The molecule has 0 aromatic carbocycles. The zero-order valence-corrected chi connectivity index (χ0v) is 9.40. The summed E-state index contributed by atoms with van der Waals surface area (Å²) in [4.78, 5) is 3.91. The van der Waals surface area contributed by atoms with Crippen molar-refractivity contribution in [2.75, 3.05) is 7.05 Å². The Hall–Kier alpha value is -1.50. The molecule has 0 saturated carbocycles. The molecular formula is C9H12ClN4O2-. The SMILES string of the molecule is CNC(=CN([O-])O)NCc1ccc(Cl)nc1. The Morgan fingerprint density at radius 3 is 2.94 bits per heavy atom. The van der Waals surface area contributed by atoms with E-state index in [2.05, 4.69) is 15.6 Å². The lowest BCUT2D eigenvalue weighted by molar-refractivity contribution is 0.0100. The second kappa shape index (κ2) is 6.16. The van der Waals surface area contributed by atoms with Crippen molar-refractivity contribution in [3.05, 3.63) is 46.3 Å². The Bertz CT molecular complexity index is 353. The molecule has 88 valence electrons. The molecule has 0 aliphatic carbocycles. The first kappa shape index (κ1) is 12.6. The molecule has 0 bridgehead atoms. The van der Waals surface area contributed by atoms with Crippen molar-refractivity contribution in [2.24, 2.45) is 0 Å². The number of hydrogen-bond acceptors (Lipinski definition) is 6. The van der Waals surface area contributed by atoms with Crippen LogP contribution in [0.4, 0.5) is 0 Å². The second-order valence-corrected chi connectivity index (χ2v) is 3.33. The molecule has 16 heavy (non-hydrogen) atoms. The van der Waals surface area contributed by atoms with Crippen LogP contribution in [0.25, 0.3) is 0 Å². The minimum absolute atomic E-state index is 0.279. The number of pyridine rings is 1. The first-order valence-electron chi connectivity index (χ1n) is 4.51. The van der Waals surface area contributed by atoms with Crippen molar-refractivity contribution in [1.82, 2.24) is 20.8 Å². The Morgan fingerprint density at radius 2 is 2.44 bits per heavy atom. The van der Waals surface area contributed by atoms with E-state index in [1.807, 2.05) is 6.07 Å². The molecule has 0 aliphatic rings. The average molecular weight is 244 g/mol. The lowest BCUT2D eigenvalue weighted by Crippen LogP contribution is -2.25. The normalized spacial score (nSPS) is 11.1. The van der Waals surface area contributed by atoms with Crippen LogP contribution >= 0.6 is 11.6 Å². The van der Waals surface area contributed by atoms with Gasteiger partial charge in [-0.05, 0) is 11.6 Å². The van der Waals surface area contributed by atoms with Crippen LogP contribution in [0, 0.1) is 5.21 Å². The Balaban J connectivity index is 2.53. The van der Waals surface area contributed by atoms with Crippen LogP contribution in [0.2, 0.25) is 5.15 Å². The van der Waals surface area contributed by atoms with Crippen molar-refractivity contribution in [3.63, 3.8) is 0 Å². The first-order valence-corrected chi connectivity index (χ1v) is 4.88. The predicted molar refractivity (Wildman–Crippen MR) is 60.2 cm³/mol. The zero-order valence-electron chi connectivity index (χ0n) is 8.64. The van der Waals surface area contributed by atoms with Gasteiger partial charge in [0.05, 0.1) is 6.20 Å². The first-order chi connectivity index (χ1) is 7.61. The van der Waals surface area contributed by atoms with Crippen LogP contribution < -0.4 is 10.6 Å². The molecule has 0 unspecified atom stereocenters. The van der Waals surface area contributed by atoms with Crippen LogP contribution in [0.3, 0.4) is 0 Å². The van der Waals surface area contributed by atoms with E-state index in [1.165, 1.54) is 0 Å². The lowest BCUT2D eigenvalue weighted by Gasteiger charge is -2.19. The summed E-state index contributed by atoms with van der Waals surface area (Å²) in [7, 11) is 1.63. The van der Waals surface area contributed by atoms with Crippen molar-refractivity contribution >= 4 is 11.6 Å². The fraction of sp³-hybridized carbons (Fsp3) is 0.222. The molecule has 1 aromatic heterocycles. The second-order valence-electron chi connectivity index (χ2n) is 2.94.